The first kappa shape index (κ1) is 28.1. The molecule has 0 saturated carbocycles. The molecule has 0 amide bonds. The molecule has 222 valence electrons. The van der Waals surface area contributed by atoms with Crippen molar-refractivity contribution in [2.24, 2.45) is 0 Å². The van der Waals surface area contributed by atoms with Gasteiger partial charge in [-0.05, 0) is 54.8 Å². The quantitative estimate of drug-likeness (QED) is 0.253. The average molecular weight is 606 g/mol. The molecule has 1 aliphatic carbocycles. The van der Waals surface area contributed by atoms with E-state index in [1.54, 1.807) is 16.8 Å². The van der Waals surface area contributed by atoms with Gasteiger partial charge in [0.25, 0.3) is 5.56 Å². The van der Waals surface area contributed by atoms with Crippen LogP contribution in [0.1, 0.15) is 28.4 Å². The highest BCUT2D eigenvalue weighted by Gasteiger charge is 2.32. The number of para-hydroxylation sites is 1. The Balaban J connectivity index is 1.31. The molecule has 0 radical (unpaired) electrons. The van der Waals surface area contributed by atoms with Crippen LogP contribution in [0.5, 0.6) is 0 Å². The van der Waals surface area contributed by atoms with Crippen molar-refractivity contribution in [1.29, 1.82) is 0 Å². The molecular weight excluding hydrogens is 574 g/mol. The van der Waals surface area contributed by atoms with Gasteiger partial charge in [-0.15, -0.1) is 0 Å². The normalized spacial score (nSPS) is 16.5. The minimum Gasteiger partial charge on any atom is -0.368 e. The van der Waals surface area contributed by atoms with Crippen molar-refractivity contribution < 1.29 is 4.79 Å². The lowest BCUT2D eigenvalue weighted by atomic mass is 9.87. The minimum atomic E-state index is -0.695. The number of nitrogens with zero attached hydrogens (tertiary/aromatic N) is 5. The van der Waals surface area contributed by atoms with Crippen LogP contribution >= 0.6 is 11.6 Å². The van der Waals surface area contributed by atoms with Crippen molar-refractivity contribution in [3.8, 4) is 0 Å². The van der Waals surface area contributed by atoms with Crippen molar-refractivity contribution in [3.05, 3.63) is 112 Å². The average Bonchev–Trinajstić information content (AvgIpc) is 3.06. The maximum Gasteiger partial charge on any atom is 0.276 e. The number of Topliss-reactive ketones (excluding diaryl/α,β-unsaturated/α-hetero) is 1. The van der Waals surface area contributed by atoms with E-state index in [1.807, 2.05) is 84.7 Å². The van der Waals surface area contributed by atoms with Gasteiger partial charge >= 0.3 is 0 Å². The van der Waals surface area contributed by atoms with Crippen LogP contribution < -0.4 is 26.0 Å². The monoisotopic (exact) mass is 605 g/mol. The molecule has 1 fully saturated rings. The molecule has 5 aromatic rings. The van der Waals surface area contributed by atoms with Gasteiger partial charge in [-0.3, -0.25) is 14.2 Å². The van der Waals surface area contributed by atoms with E-state index in [0.29, 0.717) is 46.1 Å². The van der Waals surface area contributed by atoms with E-state index >= 15 is 0 Å². The minimum absolute atomic E-state index is 0.0850. The summed E-state index contributed by atoms with van der Waals surface area (Å²) in [5.74, 6) is 0.225. The zero-order valence-corrected chi connectivity index (χ0v) is 25.1. The largest absolute Gasteiger partial charge is 0.368 e. The third kappa shape index (κ3) is 5.18. The molecule has 7 rings (SSSR count). The molecule has 3 heterocycles. The van der Waals surface area contributed by atoms with Gasteiger partial charge in [0.1, 0.15) is 17.4 Å². The molecule has 9 nitrogen and oxygen atoms in total. The highest BCUT2D eigenvalue weighted by atomic mass is 35.5. The van der Waals surface area contributed by atoms with E-state index in [9.17, 15) is 9.59 Å². The fourth-order valence-electron chi connectivity index (χ4n) is 6.19. The lowest BCUT2D eigenvalue weighted by Gasteiger charge is -2.30. The number of pyridine rings is 1. The number of carbonyl (C=O) groups excluding carboxylic acids is 1. The zero-order valence-electron chi connectivity index (χ0n) is 24.3. The Kier molecular flexibility index (Phi) is 7.49. The summed E-state index contributed by atoms with van der Waals surface area (Å²) in [5.41, 5.74) is 4.78. The first-order valence-electron chi connectivity index (χ1n) is 14.8. The molecule has 1 atom stereocenters. The van der Waals surface area contributed by atoms with Crippen molar-refractivity contribution in [3.63, 3.8) is 0 Å². The lowest BCUT2D eigenvalue weighted by Crippen LogP contribution is -2.43. The van der Waals surface area contributed by atoms with Gasteiger partial charge < -0.3 is 20.4 Å². The van der Waals surface area contributed by atoms with Crippen molar-refractivity contribution in [1.82, 2.24) is 19.9 Å². The summed E-state index contributed by atoms with van der Waals surface area (Å²) >= 11 is 6.70. The molecule has 44 heavy (non-hydrogen) atoms. The molecule has 0 spiro atoms. The third-order valence-electron chi connectivity index (χ3n) is 8.50. The number of aryl methyl sites for hydroxylation is 1. The number of ketones is 1. The molecule has 2 aromatic heterocycles. The molecule has 0 bridgehead atoms. The number of benzene rings is 3. The Labute approximate surface area is 260 Å². The van der Waals surface area contributed by atoms with Crippen LogP contribution in [0.4, 0.5) is 28.7 Å². The second-order valence-corrected chi connectivity index (χ2v) is 11.6. The van der Waals surface area contributed by atoms with Crippen molar-refractivity contribution >= 4 is 57.1 Å². The van der Waals surface area contributed by atoms with Gasteiger partial charge in [0.15, 0.2) is 5.78 Å². The number of hydrogen-bond donors (Lipinski definition) is 2. The zero-order chi connectivity index (χ0) is 30.2. The number of rotatable bonds is 6. The predicted molar refractivity (Wildman–Crippen MR) is 176 cm³/mol. The predicted octanol–water partition coefficient (Wildman–Crippen LogP) is 5.74. The molecule has 1 saturated heterocycles. The highest BCUT2D eigenvalue weighted by molar-refractivity contribution is 6.33. The number of aromatic nitrogens is 3. The topological polar surface area (TPSA) is 95.4 Å². The standard InChI is InChI=1S/C34H32ClN7O2/c1-40(25-8-3-2-4-9-25)30-19-23-21-37-34(38-24-12-14-28(27(35)20-24)41-17-15-36-16-18-41)39-32(23)42(33(30)44)29-13-11-22-7-5-6-10-26(22)31(29)43/h2-10,12,14,19-21,29,36H,11,13,15-18H2,1H3,(H,37,38,39). The van der Waals surface area contributed by atoms with E-state index in [1.165, 1.54) is 0 Å². The number of hydrogen-bond acceptors (Lipinski definition) is 8. The summed E-state index contributed by atoms with van der Waals surface area (Å²) in [4.78, 5) is 41.7. The van der Waals surface area contributed by atoms with Gasteiger partial charge in [0.2, 0.25) is 5.95 Å². The first-order chi connectivity index (χ1) is 21.5. The van der Waals surface area contributed by atoms with Gasteiger partial charge in [-0.1, -0.05) is 54.1 Å². The van der Waals surface area contributed by atoms with Crippen LogP contribution in [-0.2, 0) is 6.42 Å². The van der Waals surface area contributed by atoms with Crippen LogP contribution in [0.25, 0.3) is 11.0 Å². The van der Waals surface area contributed by atoms with Crippen LogP contribution in [0.3, 0.4) is 0 Å². The summed E-state index contributed by atoms with van der Waals surface area (Å²) in [6.07, 6.45) is 2.88. The molecule has 10 heteroatoms. The van der Waals surface area contributed by atoms with E-state index < -0.39 is 6.04 Å². The number of carbonyl (C=O) groups is 1. The van der Waals surface area contributed by atoms with E-state index in [-0.39, 0.29) is 11.3 Å². The Bertz CT molecular complexity index is 1920. The lowest BCUT2D eigenvalue weighted by molar-refractivity contribution is 0.0908. The summed E-state index contributed by atoms with van der Waals surface area (Å²) in [6.45, 7) is 3.62. The Morgan fingerprint density at radius 3 is 2.55 bits per heavy atom. The number of fused-ring (bicyclic) bond motifs is 2. The summed E-state index contributed by atoms with van der Waals surface area (Å²) in [5, 5.41) is 7.91. The number of halogens is 1. The summed E-state index contributed by atoms with van der Waals surface area (Å²) in [6, 6.07) is 24.2. The smallest absolute Gasteiger partial charge is 0.276 e. The van der Waals surface area contributed by atoms with E-state index in [2.05, 4.69) is 20.5 Å². The SMILES string of the molecule is CN(c1ccccc1)c1cc2cnc(Nc3ccc(N4CCNCC4)c(Cl)c3)nc2n(C2CCc3ccccc3C2=O)c1=O. The molecule has 3 aromatic carbocycles. The fourth-order valence-corrected chi connectivity index (χ4v) is 6.49. The van der Waals surface area contributed by atoms with Gasteiger partial charge in [-0.25, -0.2) is 4.98 Å². The molecular formula is C34H32ClN7O2. The highest BCUT2D eigenvalue weighted by Crippen LogP contribution is 2.33. The summed E-state index contributed by atoms with van der Waals surface area (Å²) in [7, 11) is 1.85. The van der Waals surface area contributed by atoms with Gasteiger partial charge in [0.05, 0.1) is 10.7 Å². The van der Waals surface area contributed by atoms with Crippen molar-refractivity contribution in [2.75, 3.05) is 48.3 Å². The van der Waals surface area contributed by atoms with Crippen LogP contribution in [0.15, 0.2) is 89.9 Å². The Morgan fingerprint density at radius 2 is 1.75 bits per heavy atom. The number of piperazine rings is 1. The van der Waals surface area contributed by atoms with Crippen molar-refractivity contribution in [2.45, 2.75) is 18.9 Å². The first-order valence-corrected chi connectivity index (χ1v) is 15.2. The Morgan fingerprint density at radius 1 is 0.977 bits per heavy atom. The van der Waals surface area contributed by atoms with Crippen LogP contribution in [-0.4, -0.2) is 53.5 Å². The van der Waals surface area contributed by atoms with Crippen LogP contribution in [0, 0.1) is 0 Å². The maximum absolute atomic E-state index is 14.3. The van der Waals surface area contributed by atoms with E-state index in [4.69, 9.17) is 16.6 Å². The molecule has 1 unspecified atom stereocenters. The third-order valence-corrected chi connectivity index (χ3v) is 8.81. The molecule has 2 aliphatic rings. The van der Waals surface area contributed by atoms with Crippen LogP contribution in [0.2, 0.25) is 5.02 Å². The molecule has 2 N–H and O–H groups in total. The number of anilines is 5. The second-order valence-electron chi connectivity index (χ2n) is 11.2. The molecule has 1 aliphatic heterocycles. The summed E-state index contributed by atoms with van der Waals surface area (Å²) < 4.78 is 1.57. The Hall–Kier alpha value is -4.73. The number of nitrogens with one attached hydrogen (secondary N) is 2. The van der Waals surface area contributed by atoms with Gasteiger partial charge in [-0.2, -0.15) is 4.98 Å². The second kappa shape index (κ2) is 11.7. The van der Waals surface area contributed by atoms with Gasteiger partial charge in [0, 0.05) is 61.7 Å². The fraction of sp³-hybridized carbons (Fsp3) is 0.235. The van der Waals surface area contributed by atoms with E-state index in [0.717, 1.165) is 48.8 Å². The maximum atomic E-state index is 14.3.